The van der Waals surface area contributed by atoms with Gasteiger partial charge in [0.1, 0.15) is 0 Å². The predicted molar refractivity (Wildman–Crippen MR) is 84.4 cm³/mol. The van der Waals surface area contributed by atoms with Crippen LogP contribution in [0.4, 0.5) is 5.69 Å². The van der Waals surface area contributed by atoms with Crippen molar-refractivity contribution >= 4 is 5.69 Å². The molecule has 1 aliphatic rings. The quantitative estimate of drug-likeness (QED) is 0.647. The van der Waals surface area contributed by atoms with Gasteiger partial charge in [0.2, 0.25) is 0 Å². The fourth-order valence-electron chi connectivity index (χ4n) is 3.16. The lowest BCUT2D eigenvalue weighted by Crippen LogP contribution is -2.40. The third-order valence-electron chi connectivity index (χ3n) is 4.46. The zero-order valence-corrected chi connectivity index (χ0v) is 13.0. The summed E-state index contributed by atoms with van der Waals surface area (Å²) in [6, 6.07) is 6.00. The molecule has 1 unspecified atom stereocenters. The van der Waals surface area contributed by atoms with Gasteiger partial charge >= 0.3 is 0 Å². The first-order chi connectivity index (χ1) is 10.1. The van der Waals surface area contributed by atoms with Crippen LogP contribution in [0.2, 0.25) is 0 Å². The molecule has 1 atom stereocenters. The Kier molecular flexibility index (Phi) is 5.70. The van der Waals surface area contributed by atoms with Crippen LogP contribution in [0, 0.1) is 17.0 Å². The molecule has 0 amide bonds. The van der Waals surface area contributed by atoms with Crippen molar-refractivity contribution < 1.29 is 4.92 Å². The first-order valence-corrected chi connectivity index (χ1v) is 7.75. The summed E-state index contributed by atoms with van der Waals surface area (Å²) in [6.07, 6.45) is 4.89. The number of hydrogen-bond acceptors (Lipinski definition) is 4. The van der Waals surface area contributed by atoms with Crippen LogP contribution in [0.15, 0.2) is 18.2 Å². The van der Waals surface area contributed by atoms with Gasteiger partial charge in [-0.05, 0) is 51.9 Å². The van der Waals surface area contributed by atoms with E-state index in [9.17, 15) is 10.1 Å². The van der Waals surface area contributed by atoms with Crippen LogP contribution in [0.3, 0.4) is 0 Å². The smallest absolute Gasteiger partial charge is 0.272 e. The first kappa shape index (κ1) is 15.9. The zero-order chi connectivity index (χ0) is 15.2. The molecular formula is C16H25N3O2. The van der Waals surface area contributed by atoms with E-state index in [1.165, 1.54) is 19.3 Å². The maximum atomic E-state index is 11.1. The van der Waals surface area contributed by atoms with Gasteiger partial charge in [-0.2, -0.15) is 0 Å². The Balaban J connectivity index is 2.11. The average Bonchev–Trinajstić information content (AvgIpc) is 2.48. The highest BCUT2D eigenvalue weighted by Gasteiger charge is 2.23. The van der Waals surface area contributed by atoms with Gasteiger partial charge in [0.05, 0.1) is 4.92 Å². The van der Waals surface area contributed by atoms with E-state index in [-0.39, 0.29) is 10.6 Å². The van der Waals surface area contributed by atoms with Crippen LogP contribution in [0.1, 0.15) is 36.8 Å². The Morgan fingerprint density at radius 2 is 2.24 bits per heavy atom. The summed E-state index contributed by atoms with van der Waals surface area (Å²) in [4.78, 5) is 13.3. The summed E-state index contributed by atoms with van der Waals surface area (Å²) < 4.78 is 0. The third kappa shape index (κ3) is 4.02. The molecule has 2 rings (SSSR count). The number of piperidine rings is 1. The van der Waals surface area contributed by atoms with E-state index in [1.807, 2.05) is 20.0 Å². The third-order valence-corrected chi connectivity index (χ3v) is 4.46. The van der Waals surface area contributed by atoms with Gasteiger partial charge in [0.25, 0.3) is 5.69 Å². The lowest BCUT2D eigenvalue weighted by Gasteiger charge is -2.36. The van der Waals surface area contributed by atoms with E-state index < -0.39 is 0 Å². The largest absolute Gasteiger partial charge is 0.320 e. The van der Waals surface area contributed by atoms with Crippen molar-refractivity contribution in [3.05, 3.63) is 39.4 Å². The van der Waals surface area contributed by atoms with Crippen LogP contribution in [-0.2, 0) is 6.54 Å². The van der Waals surface area contributed by atoms with E-state index >= 15 is 0 Å². The predicted octanol–water partition coefficient (Wildman–Crippen LogP) is 2.87. The van der Waals surface area contributed by atoms with E-state index in [1.54, 1.807) is 12.1 Å². The van der Waals surface area contributed by atoms with Crippen LogP contribution in [0.5, 0.6) is 0 Å². The summed E-state index contributed by atoms with van der Waals surface area (Å²) in [5, 5.41) is 14.3. The van der Waals surface area contributed by atoms with Gasteiger partial charge in [0, 0.05) is 24.2 Å². The summed E-state index contributed by atoms with van der Waals surface area (Å²) in [7, 11) is 1.98. The maximum absolute atomic E-state index is 11.1. The molecule has 1 fully saturated rings. The number of likely N-dealkylation sites (tertiary alicyclic amines) is 1. The van der Waals surface area contributed by atoms with E-state index in [0.717, 1.165) is 37.2 Å². The molecule has 0 spiro atoms. The molecule has 1 saturated heterocycles. The Labute approximate surface area is 126 Å². The Morgan fingerprint density at radius 3 is 2.95 bits per heavy atom. The van der Waals surface area contributed by atoms with Crippen LogP contribution in [-0.4, -0.2) is 36.0 Å². The van der Waals surface area contributed by atoms with Gasteiger partial charge in [-0.15, -0.1) is 0 Å². The molecule has 0 aliphatic carbocycles. The minimum absolute atomic E-state index is 0.233. The standard InChI is InChI=1S/C16H25N3O2/c1-13-14(6-5-8-16(13)19(20)21)12-18-11-4-3-7-15(18)9-10-17-2/h5-6,8,15,17H,3-4,7,9-12H2,1-2H3. The molecule has 116 valence electrons. The molecule has 0 aromatic heterocycles. The normalized spacial score (nSPS) is 19.6. The molecule has 1 heterocycles. The van der Waals surface area contributed by atoms with Crippen molar-refractivity contribution in [2.24, 2.45) is 0 Å². The van der Waals surface area contributed by atoms with Crippen LogP contribution in [0.25, 0.3) is 0 Å². The number of nitrogens with one attached hydrogen (secondary N) is 1. The second-order valence-electron chi connectivity index (χ2n) is 5.83. The average molecular weight is 291 g/mol. The fourth-order valence-corrected chi connectivity index (χ4v) is 3.16. The summed E-state index contributed by atoms with van der Waals surface area (Å²) in [5.74, 6) is 0. The molecule has 0 bridgehead atoms. The molecule has 5 heteroatoms. The SMILES string of the molecule is CNCCC1CCCCN1Cc1cccc([N+](=O)[O-])c1C. The molecule has 1 aromatic carbocycles. The minimum atomic E-state index is -0.284. The molecule has 5 nitrogen and oxygen atoms in total. The summed E-state index contributed by atoms with van der Waals surface area (Å²) >= 11 is 0. The summed E-state index contributed by atoms with van der Waals surface area (Å²) in [6.45, 7) is 4.80. The van der Waals surface area contributed by atoms with E-state index in [2.05, 4.69) is 10.2 Å². The zero-order valence-electron chi connectivity index (χ0n) is 13.0. The molecule has 1 aromatic rings. The second-order valence-corrected chi connectivity index (χ2v) is 5.83. The van der Waals surface area contributed by atoms with E-state index in [0.29, 0.717) is 6.04 Å². The first-order valence-electron chi connectivity index (χ1n) is 7.75. The second kappa shape index (κ2) is 7.52. The number of nitrogens with zero attached hydrogens (tertiary/aromatic N) is 2. The van der Waals surface area contributed by atoms with Crippen molar-refractivity contribution in [3.63, 3.8) is 0 Å². The monoisotopic (exact) mass is 291 g/mol. The molecule has 0 saturated carbocycles. The fraction of sp³-hybridized carbons (Fsp3) is 0.625. The van der Waals surface area contributed by atoms with Crippen molar-refractivity contribution in [2.45, 2.75) is 45.2 Å². The molecular weight excluding hydrogens is 266 g/mol. The lowest BCUT2D eigenvalue weighted by molar-refractivity contribution is -0.385. The summed E-state index contributed by atoms with van der Waals surface area (Å²) in [5.41, 5.74) is 2.12. The highest BCUT2D eigenvalue weighted by Crippen LogP contribution is 2.26. The number of nitro groups is 1. The van der Waals surface area contributed by atoms with Gasteiger partial charge in [0.15, 0.2) is 0 Å². The number of hydrogen-bond donors (Lipinski definition) is 1. The van der Waals surface area contributed by atoms with Crippen LogP contribution >= 0.6 is 0 Å². The van der Waals surface area contributed by atoms with Gasteiger partial charge < -0.3 is 5.32 Å². The Hall–Kier alpha value is -1.46. The lowest BCUT2D eigenvalue weighted by atomic mass is 9.97. The number of rotatable bonds is 6. The van der Waals surface area contributed by atoms with Gasteiger partial charge in [-0.1, -0.05) is 18.6 Å². The van der Waals surface area contributed by atoms with Crippen molar-refractivity contribution in [1.82, 2.24) is 10.2 Å². The topological polar surface area (TPSA) is 58.4 Å². The van der Waals surface area contributed by atoms with Gasteiger partial charge in [-0.3, -0.25) is 15.0 Å². The Bertz CT molecular complexity index is 490. The Morgan fingerprint density at radius 1 is 1.43 bits per heavy atom. The van der Waals surface area contributed by atoms with E-state index in [4.69, 9.17) is 0 Å². The van der Waals surface area contributed by atoms with Crippen molar-refractivity contribution in [1.29, 1.82) is 0 Å². The molecule has 0 radical (unpaired) electrons. The highest BCUT2D eigenvalue weighted by atomic mass is 16.6. The maximum Gasteiger partial charge on any atom is 0.272 e. The highest BCUT2D eigenvalue weighted by molar-refractivity contribution is 5.44. The molecule has 1 aliphatic heterocycles. The van der Waals surface area contributed by atoms with Crippen molar-refractivity contribution in [2.75, 3.05) is 20.1 Å². The number of benzene rings is 1. The number of nitro benzene ring substituents is 1. The molecule has 1 N–H and O–H groups in total. The van der Waals surface area contributed by atoms with Crippen molar-refractivity contribution in [3.8, 4) is 0 Å². The minimum Gasteiger partial charge on any atom is -0.320 e. The molecule has 21 heavy (non-hydrogen) atoms. The van der Waals surface area contributed by atoms with Crippen LogP contribution < -0.4 is 5.32 Å². The van der Waals surface area contributed by atoms with Gasteiger partial charge in [-0.25, -0.2) is 0 Å².